The second-order valence-electron chi connectivity index (χ2n) is 5.13. The van der Waals surface area contributed by atoms with Crippen molar-refractivity contribution in [1.29, 1.82) is 0 Å². The van der Waals surface area contributed by atoms with Crippen molar-refractivity contribution in [2.75, 3.05) is 6.54 Å². The molecule has 5 nitrogen and oxygen atoms in total. The third kappa shape index (κ3) is 2.66. The fraction of sp³-hybridized carbons (Fsp3) is 0.333. The number of hydrogen-bond donors (Lipinski definition) is 3. The molecule has 2 heterocycles. The first-order valence-electron chi connectivity index (χ1n) is 6.83. The zero-order chi connectivity index (χ0) is 13.9. The van der Waals surface area contributed by atoms with Crippen LogP contribution in [-0.2, 0) is 16.0 Å². The number of fused-ring (bicyclic) bond motifs is 1. The average Bonchev–Trinajstić information content (AvgIpc) is 3.03. The molecule has 3 N–H and O–H groups in total. The van der Waals surface area contributed by atoms with Gasteiger partial charge in [-0.3, -0.25) is 9.59 Å². The van der Waals surface area contributed by atoms with Gasteiger partial charge >= 0.3 is 0 Å². The lowest BCUT2D eigenvalue weighted by Gasteiger charge is -2.09. The van der Waals surface area contributed by atoms with Gasteiger partial charge in [-0.2, -0.15) is 0 Å². The van der Waals surface area contributed by atoms with Gasteiger partial charge in [0.05, 0.1) is 6.04 Å². The van der Waals surface area contributed by atoms with E-state index in [9.17, 15) is 9.59 Å². The summed E-state index contributed by atoms with van der Waals surface area (Å²) >= 11 is 0. The van der Waals surface area contributed by atoms with Crippen LogP contribution in [0.1, 0.15) is 18.4 Å². The van der Waals surface area contributed by atoms with Gasteiger partial charge in [0.15, 0.2) is 0 Å². The predicted octanol–water partition coefficient (Wildman–Crippen LogP) is 1.11. The molecule has 104 valence electrons. The molecule has 1 saturated heterocycles. The minimum absolute atomic E-state index is 0.00298. The van der Waals surface area contributed by atoms with E-state index in [0.717, 1.165) is 16.5 Å². The topological polar surface area (TPSA) is 74.0 Å². The van der Waals surface area contributed by atoms with Crippen molar-refractivity contribution in [3.05, 3.63) is 36.0 Å². The standard InChI is InChI=1S/C15H17N3O2/c19-14(18-11-7-15(20)17-9-11)6-5-10-8-16-13-4-2-1-3-12(10)13/h1-4,8,11,16H,5-7,9H2,(H,17,20)(H,18,19). The molecule has 2 aromatic rings. The highest BCUT2D eigenvalue weighted by Gasteiger charge is 2.22. The van der Waals surface area contributed by atoms with Crippen LogP contribution in [0.15, 0.2) is 30.5 Å². The number of aromatic nitrogens is 1. The predicted molar refractivity (Wildman–Crippen MR) is 76.2 cm³/mol. The number of aromatic amines is 1. The molecule has 1 fully saturated rings. The average molecular weight is 271 g/mol. The maximum Gasteiger partial charge on any atom is 0.222 e. The molecule has 1 aliphatic rings. The summed E-state index contributed by atoms with van der Waals surface area (Å²) in [7, 11) is 0. The van der Waals surface area contributed by atoms with E-state index in [-0.39, 0.29) is 17.9 Å². The Morgan fingerprint density at radius 3 is 3.00 bits per heavy atom. The lowest BCUT2D eigenvalue weighted by Crippen LogP contribution is -2.36. The highest BCUT2D eigenvalue weighted by atomic mass is 16.2. The van der Waals surface area contributed by atoms with Gasteiger partial charge in [0.2, 0.25) is 11.8 Å². The SMILES string of the molecule is O=C1CC(NC(=O)CCc2c[nH]c3ccccc23)CN1. The van der Waals surface area contributed by atoms with Gasteiger partial charge in [-0.25, -0.2) is 0 Å². The summed E-state index contributed by atoms with van der Waals surface area (Å²) in [5.41, 5.74) is 2.24. The summed E-state index contributed by atoms with van der Waals surface area (Å²) in [6.07, 6.45) is 3.48. The van der Waals surface area contributed by atoms with E-state index in [1.54, 1.807) is 0 Å². The van der Waals surface area contributed by atoms with E-state index in [2.05, 4.69) is 21.7 Å². The maximum atomic E-state index is 11.9. The lowest BCUT2D eigenvalue weighted by atomic mass is 10.1. The quantitative estimate of drug-likeness (QED) is 0.779. The zero-order valence-corrected chi connectivity index (χ0v) is 11.1. The van der Waals surface area contributed by atoms with Gasteiger partial charge in [0.25, 0.3) is 0 Å². The largest absolute Gasteiger partial charge is 0.361 e. The molecule has 0 aliphatic carbocycles. The van der Waals surface area contributed by atoms with Crippen molar-refractivity contribution in [1.82, 2.24) is 15.6 Å². The summed E-state index contributed by atoms with van der Waals surface area (Å²) in [5, 5.41) is 6.76. The number of para-hydroxylation sites is 1. The smallest absolute Gasteiger partial charge is 0.222 e. The van der Waals surface area contributed by atoms with E-state index in [1.807, 2.05) is 24.4 Å². The first-order chi connectivity index (χ1) is 9.72. The molecule has 0 radical (unpaired) electrons. The van der Waals surface area contributed by atoms with Crippen molar-refractivity contribution in [3.63, 3.8) is 0 Å². The zero-order valence-electron chi connectivity index (χ0n) is 11.1. The second-order valence-corrected chi connectivity index (χ2v) is 5.13. The number of hydrogen-bond acceptors (Lipinski definition) is 2. The molecule has 1 aromatic heterocycles. The van der Waals surface area contributed by atoms with Crippen LogP contribution < -0.4 is 10.6 Å². The van der Waals surface area contributed by atoms with Crippen LogP contribution in [0.2, 0.25) is 0 Å². The van der Waals surface area contributed by atoms with Crippen molar-refractivity contribution in [3.8, 4) is 0 Å². The van der Waals surface area contributed by atoms with Gasteiger partial charge < -0.3 is 15.6 Å². The third-order valence-corrected chi connectivity index (χ3v) is 3.64. The van der Waals surface area contributed by atoms with Gasteiger partial charge in [0, 0.05) is 36.5 Å². The third-order valence-electron chi connectivity index (χ3n) is 3.64. The van der Waals surface area contributed by atoms with Crippen LogP contribution >= 0.6 is 0 Å². The van der Waals surface area contributed by atoms with Crippen LogP contribution in [0.25, 0.3) is 10.9 Å². The molecule has 20 heavy (non-hydrogen) atoms. The van der Waals surface area contributed by atoms with Crippen molar-refractivity contribution in [2.45, 2.75) is 25.3 Å². The highest BCUT2D eigenvalue weighted by molar-refractivity contribution is 5.85. The fourth-order valence-corrected chi connectivity index (χ4v) is 2.59. The first kappa shape index (κ1) is 12.7. The Kier molecular flexibility index (Phi) is 3.41. The number of carbonyl (C=O) groups excluding carboxylic acids is 2. The van der Waals surface area contributed by atoms with E-state index in [1.165, 1.54) is 0 Å². The number of rotatable bonds is 4. The Morgan fingerprint density at radius 2 is 2.20 bits per heavy atom. The monoisotopic (exact) mass is 271 g/mol. The van der Waals surface area contributed by atoms with E-state index < -0.39 is 0 Å². The van der Waals surface area contributed by atoms with Gasteiger partial charge in [-0.05, 0) is 18.1 Å². The van der Waals surface area contributed by atoms with Crippen LogP contribution in [0.4, 0.5) is 0 Å². The molecule has 5 heteroatoms. The van der Waals surface area contributed by atoms with Gasteiger partial charge in [-0.1, -0.05) is 18.2 Å². The molecule has 1 aliphatic heterocycles. The van der Waals surface area contributed by atoms with E-state index in [0.29, 0.717) is 25.8 Å². The van der Waals surface area contributed by atoms with Crippen molar-refractivity contribution >= 4 is 22.7 Å². The minimum Gasteiger partial charge on any atom is -0.361 e. The fourth-order valence-electron chi connectivity index (χ4n) is 2.59. The van der Waals surface area contributed by atoms with E-state index in [4.69, 9.17) is 0 Å². The molecule has 3 rings (SSSR count). The maximum absolute atomic E-state index is 11.9. The summed E-state index contributed by atoms with van der Waals surface area (Å²) < 4.78 is 0. The molecule has 0 saturated carbocycles. The van der Waals surface area contributed by atoms with Gasteiger partial charge in [-0.15, -0.1) is 0 Å². The molecule has 1 aromatic carbocycles. The summed E-state index contributed by atoms with van der Waals surface area (Å²) in [6, 6.07) is 8.00. The summed E-state index contributed by atoms with van der Waals surface area (Å²) in [4.78, 5) is 26.1. The summed E-state index contributed by atoms with van der Waals surface area (Å²) in [5.74, 6) is 0.00343. The Hall–Kier alpha value is -2.30. The Balaban J connectivity index is 1.56. The van der Waals surface area contributed by atoms with Gasteiger partial charge in [0.1, 0.15) is 0 Å². The van der Waals surface area contributed by atoms with Crippen LogP contribution in [0, 0.1) is 0 Å². The number of carbonyl (C=O) groups is 2. The number of amides is 2. The molecule has 0 spiro atoms. The Labute approximate surface area is 116 Å². The molecular formula is C15H17N3O2. The normalized spacial score (nSPS) is 18.2. The number of aryl methyl sites for hydroxylation is 1. The highest BCUT2D eigenvalue weighted by Crippen LogP contribution is 2.18. The second kappa shape index (κ2) is 5.36. The molecule has 2 amide bonds. The molecule has 0 bridgehead atoms. The number of H-pyrrole nitrogens is 1. The van der Waals surface area contributed by atoms with Crippen LogP contribution in [0.5, 0.6) is 0 Å². The summed E-state index contributed by atoms with van der Waals surface area (Å²) in [6.45, 7) is 0.539. The minimum atomic E-state index is -0.0574. The molecular weight excluding hydrogens is 254 g/mol. The van der Waals surface area contributed by atoms with Crippen molar-refractivity contribution in [2.24, 2.45) is 0 Å². The first-order valence-corrected chi connectivity index (χ1v) is 6.83. The number of nitrogens with one attached hydrogen (secondary N) is 3. The Morgan fingerprint density at radius 1 is 1.35 bits per heavy atom. The van der Waals surface area contributed by atoms with Crippen molar-refractivity contribution < 1.29 is 9.59 Å². The van der Waals surface area contributed by atoms with Crippen LogP contribution in [-0.4, -0.2) is 29.4 Å². The van der Waals surface area contributed by atoms with E-state index >= 15 is 0 Å². The number of benzene rings is 1. The molecule has 1 atom stereocenters. The lowest BCUT2D eigenvalue weighted by molar-refractivity contribution is -0.121. The molecule has 1 unspecified atom stereocenters. The Bertz CT molecular complexity index is 647. The van der Waals surface area contributed by atoms with Crippen LogP contribution in [0.3, 0.4) is 0 Å².